The summed E-state index contributed by atoms with van der Waals surface area (Å²) in [4.78, 5) is 27.8. The Balaban J connectivity index is 0.000000405. The summed E-state index contributed by atoms with van der Waals surface area (Å²) in [5.41, 5.74) is 5.56. The van der Waals surface area contributed by atoms with E-state index in [4.69, 9.17) is 14.6 Å². The van der Waals surface area contributed by atoms with Crippen molar-refractivity contribution in [3.63, 3.8) is 0 Å². The Morgan fingerprint density at radius 2 is 1.73 bits per heavy atom. The summed E-state index contributed by atoms with van der Waals surface area (Å²) in [6.45, 7) is 3.96. The molecule has 1 fully saturated rings. The Hall–Kier alpha value is -4.32. The number of carboxylic acids is 1. The number of benzene rings is 2. The van der Waals surface area contributed by atoms with Gasteiger partial charge in [-0.1, -0.05) is 12.1 Å². The zero-order valence-corrected chi connectivity index (χ0v) is 19.5. The van der Waals surface area contributed by atoms with Crippen LogP contribution < -0.4 is 20.9 Å². The Morgan fingerprint density at radius 1 is 1.03 bits per heavy atom. The van der Waals surface area contributed by atoms with Gasteiger partial charge in [0.05, 0.1) is 24.5 Å². The minimum Gasteiger partial charge on any atom is -0.475 e. The van der Waals surface area contributed by atoms with Crippen LogP contribution in [0.5, 0.6) is 0 Å². The Kier molecular flexibility index (Phi) is 7.77. The predicted molar refractivity (Wildman–Crippen MR) is 132 cm³/mol. The molecule has 0 aliphatic carbocycles. The third kappa shape index (κ3) is 6.67. The number of carbonyl (C=O) groups is 2. The molecule has 1 saturated heterocycles. The number of ether oxygens (including phenoxy) is 1. The summed E-state index contributed by atoms with van der Waals surface area (Å²) in [6, 6.07) is 18.0. The van der Waals surface area contributed by atoms with Crippen molar-refractivity contribution in [1.82, 2.24) is 10.3 Å². The third-order valence-corrected chi connectivity index (χ3v) is 5.61. The van der Waals surface area contributed by atoms with Gasteiger partial charge in [0.2, 0.25) is 0 Å². The maximum Gasteiger partial charge on any atom is 0.490 e. The maximum absolute atomic E-state index is 12.1. The van der Waals surface area contributed by atoms with E-state index in [1.165, 1.54) is 5.69 Å². The van der Waals surface area contributed by atoms with Crippen molar-refractivity contribution < 1.29 is 32.6 Å². The van der Waals surface area contributed by atoms with Crippen molar-refractivity contribution >= 4 is 40.4 Å². The summed E-state index contributed by atoms with van der Waals surface area (Å²) in [5.74, 6) is -2.07. The fourth-order valence-electron chi connectivity index (χ4n) is 3.84. The van der Waals surface area contributed by atoms with Gasteiger partial charge in [0.1, 0.15) is 5.82 Å². The lowest BCUT2D eigenvalue weighted by Gasteiger charge is -2.28. The quantitative estimate of drug-likeness (QED) is 0.398. The van der Waals surface area contributed by atoms with Gasteiger partial charge < -0.3 is 30.7 Å². The Morgan fingerprint density at radius 3 is 2.41 bits per heavy atom. The minimum absolute atomic E-state index is 0.0409. The molecule has 12 heteroatoms. The maximum atomic E-state index is 12.1. The molecule has 4 N–H and O–H groups in total. The number of alkyl halides is 3. The van der Waals surface area contributed by atoms with Gasteiger partial charge in [-0.15, -0.1) is 0 Å². The van der Waals surface area contributed by atoms with Crippen LogP contribution in [0.3, 0.4) is 0 Å². The SMILES string of the molecule is O=C(O)C(F)(F)F.O=C1NCc2cccc(Nc3ccnc(Nc4ccc(N5CCOCC5)cc4)c3)c21. The summed E-state index contributed by atoms with van der Waals surface area (Å²) >= 11 is 0. The number of carbonyl (C=O) groups excluding carboxylic acids is 1. The Labute approximate surface area is 210 Å². The molecule has 0 radical (unpaired) electrons. The number of hydrogen-bond acceptors (Lipinski definition) is 7. The van der Waals surface area contributed by atoms with Gasteiger partial charge in [-0.3, -0.25) is 4.79 Å². The molecule has 9 nitrogen and oxygen atoms in total. The molecule has 37 heavy (non-hydrogen) atoms. The molecule has 2 aliphatic heterocycles. The van der Waals surface area contributed by atoms with Crippen LogP contribution in [0.1, 0.15) is 15.9 Å². The van der Waals surface area contributed by atoms with Crippen LogP contribution >= 0.6 is 0 Å². The predicted octanol–water partition coefficient (Wildman–Crippen LogP) is 4.28. The molecule has 5 rings (SSSR count). The van der Waals surface area contributed by atoms with Crippen molar-refractivity contribution in [1.29, 1.82) is 0 Å². The average molecular weight is 515 g/mol. The number of amides is 1. The van der Waals surface area contributed by atoms with Gasteiger partial charge >= 0.3 is 12.1 Å². The summed E-state index contributed by atoms with van der Waals surface area (Å²) in [6.07, 6.45) is -3.34. The van der Waals surface area contributed by atoms with E-state index < -0.39 is 12.1 Å². The second kappa shape index (κ2) is 11.2. The van der Waals surface area contributed by atoms with Crippen LogP contribution in [-0.2, 0) is 16.1 Å². The number of morpholine rings is 1. The fourth-order valence-corrected chi connectivity index (χ4v) is 3.84. The molecule has 1 amide bonds. The number of rotatable bonds is 5. The summed E-state index contributed by atoms with van der Waals surface area (Å²) in [7, 11) is 0. The zero-order chi connectivity index (χ0) is 26.4. The molecule has 0 atom stereocenters. The molecule has 2 aliphatic rings. The normalized spacial score (nSPS) is 14.7. The van der Waals surface area contributed by atoms with E-state index >= 15 is 0 Å². The first-order valence-electron chi connectivity index (χ1n) is 11.3. The molecule has 1 aromatic heterocycles. The van der Waals surface area contributed by atoms with Crippen molar-refractivity contribution in [2.45, 2.75) is 12.7 Å². The number of halogens is 3. The van der Waals surface area contributed by atoms with E-state index in [0.29, 0.717) is 12.1 Å². The lowest BCUT2D eigenvalue weighted by Crippen LogP contribution is -2.36. The molecule has 0 unspecified atom stereocenters. The van der Waals surface area contributed by atoms with Crippen molar-refractivity contribution in [2.75, 3.05) is 41.8 Å². The van der Waals surface area contributed by atoms with Crippen molar-refractivity contribution in [3.05, 3.63) is 71.9 Å². The van der Waals surface area contributed by atoms with Gasteiger partial charge in [0.15, 0.2) is 0 Å². The second-order valence-electron chi connectivity index (χ2n) is 8.15. The number of aromatic nitrogens is 1. The summed E-state index contributed by atoms with van der Waals surface area (Å²) in [5, 5.41) is 16.7. The van der Waals surface area contributed by atoms with E-state index in [9.17, 15) is 18.0 Å². The number of aliphatic carboxylic acids is 1. The van der Waals surface area contributed by atoms with Crippen LogP contribution in [0, 0.1) is 0 Å². The fraction of sp³-hybridized carbons (Fsp3) is 0.240. The minimum atomic E-state index is -5.08. The van der Waals surface area contributed by atoms with Gasteiger partial charge in [-0.05, 0) is 42.0 Å². The zero-order valence-electron chi connectivity index (χ0n) is 19.5. The number of nitrogens with one attached hydrogen (secondary N) is 3. The standard InChI is InChI=1S/C23H23N5O2.C2HF3O2/c29-23-22-16(15-25-23)2-1-3-20(22)26-18-8-9-24-21(14-18)27-17-4-6-19(7-5-17)28-10-12-30-13-11-28;3-2(4,5)1(6)7/h1-9,14H,10-13,15H2,(H,25,29)(H2,24,26,27);(H,6,7). The second-order valence-corrected chi connectivity index (χ2v) is 8.15. The molecule has 0 spiro atoms. The van der Waals surface area contributed by atoms with E-state index in [0.717, 1.165) is 54.7 Å². The van der Waals surface area contributed by atoms with E-state index in [-0.39, 0.29) is 5.91 Å². The third-order valence-electron chi connectivity index (χ3n) is 5.61. The van der Waals surface area contributed by atoms with Crippen molar-refractivity contribution in [2.24, 2.45) is 0 Å². The number of fused-ring (bicyclic) bond motifs is 1. The smallest absolute Gasteiger partial charge is 0.475 e. The number of hydrogen-bond donors (Lipinski definition) is 4. The first-order chi connectivity index (χ1) is 17.7. The molecule has 3 heterocycles. The first kappa shape index (κ1) is 25.8. The topological polar surface area (TPSA) is 116 Å². The number of carboxylic acid groups (broad SMARTS) is 1. The monoisotopic (exact) mass is 515 g/mol. The molecule has 194 valence electrons. The summed E-state index contributed by atoms with van der Waals surface area (Å²) < 4.78 is 37.2. The van der Waals surface area contributed by atoms with Crippen molar-refractivity contribution in [3.8, 4) is 0 Å². The highest BCUT2D eigenvalue weighted by molar-refractivity contribution is 6.04. The van der Waals surface area contributed by atoms with Gasteiger partial charge in [0.25, 0.3) is 5.91 Å². The van der Waals surface area contributed by atoms with Gasteiger partial charge in [-0.25, -0.2) is 9.78 Å². The van der Waals surface area contributed by atoms with E-state index in [1.54, 1.807) is 6.20 Å². The highest BCUT2D eigenvalue weighted by Crippen LogP contribution is 2.28. The lowest BCUT2D eigenvalue weighted by atomic mass is 10.1. The van der Waals surface area contributed by atoms with Crippen LogP contribution in [0.2, 0.25) is 0 Å². The van der Waals surface area contributed by atoms with Crippen LogP contribution in [0.25, 0.3) is 0 Å². The molecule has 0 saturated carbocycles. The number of pyridine rings is 1. The molecule has 0 bridgehead atoms. The van der Waals surface area contributed by atoms with Crippen LogP contribution in [-0.4, -0.2) is 54.4 Å². The van der Waals surface area contributed by atoms with Gasteiger partial charge in [-0.2, -0.15) is 13.2 Å². The number of anilines is 5. The van der Waals surface area contributed by atoms with Gasteiger partial charge in [0, 0.05) is 49.0 Å². The van der Waals surface area contributed by atoms with E-state index in [2.05, 4.69) is 50.1 Å². The molecule has 2 aromatic carbocycles. The number of nitrogens with zero attached hydrogens (tertiary/aromatic N) is 2. The molecule has 3 aromatic rings. The largest absolute Gasteiger partial charge is 0.490 e. The van der Waals surface area contributed by atoms with Crippen LogP contribution in [0.15, 0.2) is 60.8 Å². The molecular formula is C25H24F3N5O4. The Bertz CT molecular complexity index is 1260. The molecular weight excluding hydrogens is 491 g/mol. The lowest BCUT2D eigenvalue weighted by molar-refractivity contribution is -0.192. The van der Waals surface area contributed by atoms with Crippen LogP contribution in [0.4, 0.5) is 41.7 Å². The first-order valence-corrected chi connectivity index (χ1v) is 11.3. The highest BCUT2D eigenvalue weighted by Gasteiger charge is 2.38. The average Bonchev–Trinajstić information content (AvgIpc) is 3.27. The van der Waals surface area contributed by atoms with E-state index in [1.807, 2.05) is 30.3 Å². The highest BCUT2D eigenvalue weighted by atomic mass is 19.4.